The molecule has 0 aromatic rings. The first-order valence-electron chi connectivity index (χ1n) is 6.31. The van der Waals surface area contributed by atoms with Gasteiger partial charge in [-0.1, -0.05) is 27.7 Å². The zero-order valence-corrected chi connectivity index (χ0v) is 11.0. The number of hydrogen-bond donors (Lipinski definition) is 2. The molecule has 0 bridgehead atoms. The molecule has 1 unspecified atom stereocenters. The Labute approximate surface area is 99.2 Å². The lowest BCUT2D eigenvalue weighted by atomic mass is 9.79. The summed E-state index contributed by atoms with van der Waals surface area (Å²) in [6.45, 7) is 9.48. The van der Waals surface area contributed by atoms with Crippen molar-refractivity contribution in [1.82, 2.24) is 5.32 Å². The van der Waals surface area contributed by atoms with Gasteiger partial charge < -0.3 is 11.1 Å². The van der Waals surface area contributed by atoms with E-state index in [9.17, 15) is 4.79 Å². The second kappa shape index (κ2) is 5.17. The fraction of sp³-hybridized carbons (Fsp3) is 0.923. The third kappa shape index (κ3) is 4.12. The summed E-state index contributed by atoms with van der Waals surface area (Å²) in [6.07, 6.45) is 2.76. The first-order valence-corrected chi connectivity index (χ1v) is 6.31. The van der Waals surface area contributed by atoms with Crippen molar-refractivity contribution in [2.75, 3.05) is 6.54 Å². The van der Waals surface area contributed by atoms with Crippen LogP contribution in [0.5, 0.6) is 0 Å². The molecule has 3 nitrogen and oxygen atoms in total. The smallest absolute Gasteiger partial charge is 0.220 e. The van der Waals surface area contributed by atoms with Gasteiger partial charge in [0.2, 0.25) is 5.91 Å². The third-order valence-electron chi connectivity index (χ3n) is 3.83. The number of hydrogen-bond acceptors (Lipinski definition) is 2. The van der Waals surface area contributed by atoms with E-state index in [1.54, 1.807) is 0 Å². The molecule has 1 atom stereocenters. The van der Waals surface area contributed by atoms with E-state index in [4.69, 9.17) is 5.73 Å². The zero-order valence-electron chi connectivity index (χ0n) is 11.0. The Kier molecular flexibility index (Phi) is 4.36. The molecule has 0 radical (unpaired) electrons. The van der Waals surface area contributed by atoms with Crippen LogP contribution in [-0.2, 0) is 4.79 Å². The fourth-order valence-corrected chi connectivity index (χ4v) is 1.87. The van der Waals surface area contributed by atoms with Crippen molar-refractivity contribution in [3.63, 3.8) is 0 Å². The molecule has 1 saturated carbocycles. The maximum Gasteiger partial charge on any atom is 0.220 e. The van der Waals surface area contributed by atoms with Crippen LogP contribution in [0, 0.1) is 17.3 Å². The van der Waals surface area contributed by atoms with E-state index in [1.807, 2.05) is 0 Å². The van der Waals surface area contributed by atoms with Gasteiger partial charge in [0.05, 0.1) is 0 Å². The van der Waals surface area contributed by atoms with Crippen molar-refractivity contribution in [2.45, 2.75) is 53.0 Å². The van der Waals surface area contributed by atoms with E-state index >= 15 is 0 Å². The number of amides is 1. The van der Waals surface area contributed by atoms with Crippen LogP contribution in [0.25, 0.3) is 0 Å². The number of nitrogens with one attached hydrogen (secondary N) is 1. The van der Waals surface area contributed by atoms with Gasteiger partial charge in [0, 0.05) is 19.0 Å². The summed E-state index contributed by atoms with van der Waals surface area (Å²) in [4.78, 5) is 11.7. The minimum Gasteiger partial charge on any atom is -0.356 e. The quantitative estimate of drug-likeness (QED) is 0.769. The number of carbonyl (C=O) groups excluding carboxylic acids is 1. The number of nitrogens with two attached hydrogens (primary N) is 1. The molecular formula is C13H26N2O. The highest BCUT2D eigenvalue weighted by molar-refractivity contribution is 5.76. The van der Waals surface area contributed by atoms with Gasteiger partial charge in [0.25, 0.3) is 0 Å². The zero-order chi connectivity index (χ0) is 12.3. The highest BCUT2D eigenvalue weighted by Crippen LogP contribution is 2.28. The average Bonchev–Trinajstić information content (AvgIpc) is 2.08. The summed E-state index contributed by atoms with van der Waals surface area (Å²) >= 11 is 0. The standard InChI is InChI=1S/C13H26N2O/c1-9(13(2,3)4)5-12(16)15-8-10-6-11(14)7-10/h9-11H,5-8,14H2,1-4H3,(H,15,16). The molecule has 1 fully saturated rings. The topological polar surface area (TPSA) is 55.1 Å². The Morgan fingerprint density at radius 3 is 2.44 bits per heavy atom. The second-order valence-corrected chi connectivity index (χ2v) is 6.37. The maximum atomic E-state index is 11.7. The first-order chi connectivity index (χ1) is 7.29. The van der Waals surface area contributed by atoms with E-state index in [1.165, 1.54) is 0 Å². The minimum absolute atomic E-state index is 0.183. The van der Waals surface area contributed by atoms with E-state index in [-0.39, 0.29) is 11.3 Å². The van der Waals surface area contributed by atoms with Crippen molar-refractivity contribution >= 4 is 5.91 Å². The van der Waals surface area contributed by atoms with E-state index in [0.717, 1.165) is 19.4 Å². The summed E-state index contributed by atoms with van der Waals surface area (Å²) in [6, 6.07) is 0.371. The van der Waals surface area contributed by atoms with E-state index < -0.39 is 0 Å². The predicted molar refractivity (Wildman–Crippen MR) is 66.9 cm³/mol. The van der Waals surface area contributed by atoms with Crippen LogP contribution in [0.4, 0.5) is 0 Å². The van der Waals surface area contributed by atoms with Gasteiger partial charge in [-0.3, -0.25) is 4.79 Å². The molecule has 0 saturated heterocycles. The molecule has 94 valence electrons. The summed E-state index contributed by atoms with van der Waals surface area (Å²) < 4.78 is 0. The summed E-state index contributed by atoms with van der Waals surface area (Å²) in [5.41, 5.74) is 5.90. The lowest BCUT2D eigenvalue weighted by Crippen LogP contribution is -2.43. The van der Waals surface area contributed by atoms with Crippen LogP contribution in [-0.4, -0.2) is 18.5 Å². The highest BCUT2D eigenvalue weighted by atomic mass is 16.1. The Morgan fingerprint density at radius 1 is 1.44 bits per heavy atom. The van der Waals surface area contributed by atoms with Gasteiger partial charge >= 0.3 is 0 Å². The Balaban J connectivity index is 2.16. The maximum absolute atomic E-state index is 11.7. The van der Waals surface area contributed by atoms with Crippen LogP contribution < -0.4 is 11.1 Å². The van der Waals surface area contributed by atoms with E-state index in [2.05, 4.69) is 33.0 Å². The van der Waals surface area contributed by atoms with Crippen LogP contribution in [0.3, 0.4) is 0 Å². The molecule has 0 aromatic heterocycles. The molecule has 0 aromatic carbocycles. The van der Waals surface area contributed by atoms with Crippen molar-refractivity contribution in [2.24, 2.45) is 23.0 Å². The molecule has 1 aliphatic rings. The molecule has 3 heteroatoms. The van der Waals surface area contributed by atoms with Crippen LogP contribution in [0.15, 0.2) is 0 Å². The number of rotatable bonds is 4. The van der Waals surface area contributed by atoms with Gasteiger partial charge in [-0.2, -0.15) is 0 Å². The molecule has 0 aliphatic heterocycles. The lowest BCUT2D eigenvalue weighted by Gasteiger charge is -2.33. The van der Waals surface area contributed by atoms with E-state index in [0.29, 0.717) is 24.3 Å². The first kappa shape index (κ1) is 13.5. The van der Waals surface area contributed by atoms with Crippen molar-refractivity contribution < 1.29 is 4.79 Å². The molecule has 0 heterocycles. The van der Waals surface area contributed by atoms with Gasteiger partial charge in [0.15, 0.2) is 0 Å². The monoisotopic (exact) mass is 226 g/mol. The SMILES string of the molecule is CC(CC(=O)NCC1CC(N)C1)C(C)(C)C. The molecule has 1 aliphatic carbocycles. The molecule has 1 amide bonds. The Hall–Kier alpha value is -0.570. The second-order valence-electron chi connectivity index (χ2n) is 6.37. The van der Waals surface area contributed by atoms with Gasteiger partial charge in [-0.25, -0.2) is 0 Å². The minimum atomic E-state index is 0.183. The van der Waals surface area contributed by atoms with Crippen molar-refractivity contribution in [3.05, 3.63) is 0 Å². The normalized spacial score (nSPS) is 27.1. The Morgan fingerprint density at radius 2 is 2.00 bits per heavy atom. The summed E-state index contributed by atoms with van der Waals surface area (Å²) in [5.74, 6) is 1.21. The summed E-state index contributed by atoms with van der Waals surface area (Å²) in [5, 5.41) is 3.01. The fourth-order valence-electron chi connectivity index (χ4n) is 1.87. The van der Waals surface area contributed by atoms with Crippen LogP contribution in [0.2, 0.25) is 0 Å². The molecule has 0 spiro atoms. The van der Waals surface area contributed by atoms with Crippen LogP contribution >= 0.6 is 0 Å². The average molecular weight is 226 g/mol. The van der Waals surface area contributed by atoms with Gasteiger partial charge in [0.1, 0.15) is 0 Å². The molecule has 3 N–H and O–H groups in total. The lowest BCUT2D eigenvalue weighted by molar-refractivity contribution is -0.123. The molecule has 1 rings (SSSR count). The molecular weight excluding hydrogens is 200 g/mol. The summed E-state index contributed by atoms with van der Waals surface area (Å²) in [7, 11) is 0. The highest BCUT2D eigenvalue weighted by Gasteiger charge is 2.27. The molecule has 16 heavy (non-hydrogen) atoms. The third-order valence-corrected chi connectivity index (χ3v) is 3.83. The van der Waals surface area contributed by atoms with Crippen LogP contribution in [0.1, 0.15) is 47.0 Å². The Bertz CT molecular complexity index is 239. The largest absolute Gasteiger partial charge is 0.356 e. The number of carbonyl (C=O) groups is 1. The van der Waals surface area contributed by atoms with Crippen molar-refractivity contribution in [1.29, 1.82) is 0 Å². The van der Waals surface area contributed by atoms with Gasteiger partial charge in [-0.05, 0) is 30.1 Å². The van der Waals surface area contributed by atoms with Gasteiger partial charge in [-0.15, -0.1) is 0 Å². The predicted octanol–water partition coefficient (Wildman–Crippen LogP) is 1.91. The van der Waals surface area contributed by atoms with Crippen molar-refractivity contribution in [3.8, 4) is 0 Å².